The van der Waals surface area contributed by atoms with Crippen LogP contribution in [-0.2, 0) is 22.2 Å². The summed E-state index contributed by atoms with van der Waals surface area (Å²) in [7, 11) is -1.30. The molecule has 2 aromatic carbocycles. The van der Waals surface area contributed by atoms with Crippen LogP contribution in [0, 0.1) is 5.82 Å². The first-order valence-corrected chi connectivity index (χ1v) is 10.8. The van der Waals surface area contributed by atoms with E-state index in [2.05, 4.69) is 45.8 Å². The summed E-state index contributed by atoms with van der Waals surface area (Å²) in [5.41, 5.74) is 2.88. The first kappa shape index (κ1) is 19.8. The lowest BCUT2D eigenvalue weighted by molar-refractivity contribution is 0.313. The molecule has 27 heavy (non-hydrogen) atoms. The first-order chi connectivity index (χ1) is 12.9. The van der Waals surface area contributed by atoms with Crippen molar-refractivity contribution in [2.24, 2.45) is 0 Å². The molecule has 3 rings (SSSR count). The molecule has 1 fully saturated rings. The number of hydrogen-bond donors (Lipinski definition) is 1. The van der Waals surface area contributed by atoms with Crippen molar-refractivity contribution in [3.8, 4) is 0 Å². The van der Waals surface area contributed by atoms with E-state index < -0.39 is 10.0 Å². The number of halogens is 1. The lowest BCUT2D eigenvalue weighted by Gasteiger charge is -2.34. The maximum absolute atomic E-state index is 12.9. The number of hydrogen-bond acceptors (Lipinski definition) is 4. The molecule has 1 N–H and O–H groups in total. The number of piperazine rings is 1. The number of likely N-dealkylation sites (N-methyl/N-ethyl adjacent to an activating group) is 1. The molecule has 0 bridgehead atoms. The molecular formula is C20H26FN3O2S. The predicted octanol–water partition coefficient (Wildman–Crippen LogP) is 2.24. The fourth-order valence-corrected chi connectivity index (χ4v) is 4.29. The molecule has 0 aliphatic carbocycles. The van der Waals surface area contributed by atoms with E-state index in [4.69, 9.17) is 0 Å². The lowest BCUT2D eigenvalue weighted by Crippen LogP contribution is -2.44. The molecule has 0 radical (unpaired) electrons. The Morgan fingerprint density at radius 1 is 0.926 bits per heavy atom. The van der Waals surface area contributed by atoms with E-state index in [1.165, 1.54) is 30.0 Å². The van der Waals surface area contributed by atoms with Crippen LogP contribution in [0.1, 0.15) is 11.1 Å². The van der Waals surface area contributed by atoms with Crippen LogP contribution < -0.4 is 9.62 Å². The van der Waals surface area contributed by atoms with E-state index in [-0.39, 0.29) is 11.6 Å². The van der Waals surface area contributed by atoms with Gasteiger partial charge in [-0.05, 0) is 48.9 Å². The van der Waals surface area contributed by atoms with Gasteiger partial charge in [-0.25, -0.2) is 17.5 Å². The van der Waals surface area contributed by atoms with Crippen molar-refractivity contribution in [1.82, 2.24) is 9.62 Å². The molecule has 1 heterocycles. The van der Waals surface area contributed by atoms with Gasteiger partial charge in [-0.2, -0.15) is 0 Å². The Morgan fingerprint density at radius 3 is 2.15 bits per heavy atom. The van der Waals surface area contributed by atoms with Crippen molar-refractivity contribution in [3.05, 3.63) is 65.5 Å². The van der Waals surface area contributed by atoms with E-state index in [0.717, 1.165) is 31.7 Å². The fraction of sp³-hybridized carbons (Fsp3) is 0.400. The van der Waals surface area contributed by atoms with Gasteiger partial charge >= 0.3 is 0 Å². The topological polar surface area (TPSA) is 52.6 Å². The second-order valence-electron chi connectivity index (χ2n) is 6.99. The molecule has 0 spiro atoms. The highest BCUT2D eigenvalue weighted by atomic mass is 32.2. The molecule has 0 saturated carbocycles. The molecule has 0 atom stereocenters. The molecule has 0 unspecified atom stereocenters. The van der Waals surface area contributed by atoms with E-state index in [1.54, 1.807) is 0 Å². The Bertz CT molecular complexity index is 831. The van der Waals surface area contributed by atoms with Crippen molar-refractivity contribution in [2.45, 2.75) is 12.2 Å². The number of sulfonamides is 1. The summed E-state index contributed by atoms with van der Waals surface area (Å²) in [6.07, 6.45) is 0.631. The van der Waals surface area contributed by atoms with Crippen molar-refractivity contribution >= 4 is 15.7 Å². The van der Waals surface area contributed by atoms with Crippen molar-refractivity contribution < 1.29 is 12.8 Å². The second kappa shape index (κ2) is 8.82. The van der Waals surface area contributed by atoms with E-state index in [9.17, 15) is 12.8 Å². The minimum absolute atomic E-state index is 0.143. The Balaban J connectivity index is 1.47. The van der Waals surface area contributed by atoms with E-state index in [0.29, 0.717) is 18.5 Å². The van der Waals surface area contributed by atoms with Gasteiger partial charge in [0.25, 0.3) is 0 Å². The molecule has 7 heteroatoms. The van der Waals surface area contributed by atoms with Gasteiger partial charge in [0.05, 0.1) is 5.75 Å². The van der Waals surface area contributed by atoms with Gasteiger partial charge in [-0.1, -0.05) is 24.3 Å². The number of nitrogens with zero attached hydrogens (tertiary/aromatic N) is 2. The van der Waals surface area contributed by atoms with Crippen LogP contribution in [0.4, 0.5) is 10.1 Å². The molecule has 2 aromatic rings. The van der Waals surface area contributed by atoms with Crippen LogP contribution in [0.25, 0.3) is 0 Å². The van der Waals surface area contributed by atoms with Crippen LogP contribution >= 0.6 is 0 Å². The van der Waals surface area contributed by atoms with Gasteiger partial charge in [0.15, 0.2) is 0 Å². The zero-order valence-corrected chi connectivity index (χ0v) is 16.4. The van der Waals surface area contributed by atoms with Gasteiger partial charge in [0.2, 0.25) is 10.0 Å². The third-order valence-electron chi connectivity index (χ3n) is 4.81. The van der Waals surface area contributed by atoms with Crippen LogP contribution in [-0.4, -0.2) is 53.1 Å². The average Bonchev–Trinajstić information content (AvgIpc) is 2.65. The standard InChI is InChI=1S/C20H26FN3O2S/c1-23-12-14-24(15-13-23)20-8-4-17(5-9-20)10-11-22-27(25,26)16-18-2-6-19(21)7-3-18/h2-9,22H,10-16H2,1H3. The SMILES string of the molecule is CN1CCN(c2ccc(CCNS(=O)(=O)Cc3ccc(F)cc3)cc2)CC1. The van der Waals surface area contributed by atoms with Gasteiger partial charge in [-0.3, -0.25) is 0 Å². The molecule has 1 saturated heterocycles. The minimum atomic E-state index is -3.43. The third kappa shape index (κ3) is 6.02. The highest BCUT2D eigenvalue weighted by Gasteiger charge is 2.14. The summed E-state index contributed by atoms with van der Waals surface area (Å²) >= 11 is 0. The summed E-state index contributed by atoms with van der Waals surface area (Å²) in [6.45, 7) is 4.53. The molecule has 0 amide bonds. The molecule has 5 nitrogen and oxygen atoms in total. The average molecular weight is 392 g/mol. The summed E-state index contributed by atoms with van der Waals surface area (Å²) in [4.78, 5) is 4.69. The van der Waals surface area contributed by atoms with Crippen molar-refractivity contribution in [3.63, 3.8) is 0 Å². The normalized spacial score (nSPS) is 15.9. The van der Waals surface area contributed by atoms with Crippen molar-refractivity contribution in [2.75, 3.05) is 44.7 Å². The van der Waals surface area contributed by atoms with Gasteiger partial charge in [-0.15, -0.1) is 0 Å². The zero-order chi connectivity index (χ0) is 19.3. The maximum Gasteiger partial charge on any atom is 0.215 e. The molecule has 146 valence electrons. The summed E-state index contributed by atoms with van der Waals surface area (Å²) in [6, 6.07) is 13.8. The number of nitrogens with one attached hydrogen (secondary N) is 1. The van der Waals surface area contributed by atoms with E-state index in [1.807, 2.05) is 0 Å². The number of rotatable bonds is 7. The number of anilines is 1. The molecule has 1 aliphatic rings. The van der Waals surface area contributed by atoms with E-state index >= 15 is 0 Å². The Morgan fingerprint density at radius 2 is 1.52 bits per heavy atom. The van der Waals surface area contributed by atoms with Crippen LogP contribution in [0.2, 0.25) is 0 Å². The monoisotopic (exact) mass is 391 g/mol. The van der Waals surface area contributed by atoms with Gasteiger partial charge in [0, 0.05) is 38.4 Å². The first-order valence-electron chi connectivity index (χ1n) is 9.15. The van der Waals surface area contributed by atoms with Crippen molar-refractivity contribution in [1.29, 1.82) is 0 Å². The molecule has 1 aliphatic heterocycles. The summed E-state index contributed by atoms with van der Waals surface area (Å²) < 4.78 is 39.8. The molecular weight excluding hydrogens is 365 g/mol. The quantitative estimate of drug-likeness (QED) is 0.787. The Labute approximate surface area is 160 Å². The van der Waals surface area contributed by atoms with Crippen LogP contribution in [0.15, 0.2) is 48.5 Å². The Kier molecular flexibility index (Phi) is 6.46. The van der Waals surface area contributed by atoms with Crippen LogP contribution in [0.3, 0.4) is 0 Å². The maximum atomic E-state index is 12.9. The summed E-state index contributed by atoms with van der Waals surface area (Å²) in [5.74, 6) is -0.514. The molecule has 0 aromatic heterocycles. The van der Waals surface area contributed by atoms with Gasteiger partial charge < -0.3 is 9.80 Å². The summed E-state index contributed by atoms with van der Waals surface area (Å²) in [5, 5.41) is 0. The minimum Gasteiger partial charge on any atom is -0.369 e. The largest absolute Gasteiger partial charge is 0.369 e. The zero-order valence-electron chi connectivity index (χ0n) is 15.6. The highest BCUT2D eigenvalue weighted by Crippen LogP contribution is 2.17. The predicted molar refractivity (Wildman–Crippen MR) is 107 cm³/mol. The fourth-order valence-electron chi connectivity index (χ4n) is 3.14. The van der Waals surface area contributed by atoms with Gasteiger partial charge in [0.1, 0.15) is 5.82 Å². The lowest BCUT2D eigenvalue weighted by atomic mass is 10.1. The highest BCUT2D eigenvalue weighted by molar-refractivity contribution is 7.88. The van der Waals surface area contributed by atoms with Crippen LogP contribution in [0.5, 0.6) is 0 Å². The Hall–Kier alpha value is -1.96. The smallest absolute Gasteiger partial charge is 0.215 e. The third-order valence-corrected chi connectivity index (χ3v) is 6.17. The number of benzene rings is 2. The second-order valence-corrected chi connectivity index (χ2v) is 8.79.